The van der Waals surface area contributed by atoms with Gasteiger partial charge < -0.3 is 4.98 Å². The number of alkyl halides is 3. The van der Waals surface area contributed by atoms with Crippen molar-refractivity contribution in [1.82, 2.24) is 9.97 Å². The summed E-state index contributed by atoms with van der Waals surface area (Å²) < 4.78 is 51.6. The van der Waals surface area contributed by atoms with E-state index in [4.69, 9.17) is 11.6 Å². The highest BCUT2D eigenvalue weighted by atomic mass is 35.5. The van der Waals surface area contributed by atoms with Crippen LogP contribution in [-0.2, 0) is 6.42 Å². The SMILES string of the molecule is Fc1ccc(-c2nc(-c3ccc(Cl)cc3)[nH]c2CC(F)(F)F)cc1. The molecule has 0 saturated heterocycles. The maximum Gasteiger partial charge on any atom is 0.394 e. The molecule has 2 aromatic carbocycles. The lowest BCUT2D eigenvalue weighted by molar-refractivity contribution is -0.127. The quantitative estimate of drug-likeness (QED) is 0.606. The van der Waals surface area contributed by atoms with Crippen LogP contribution >= 0.6 is 11.6 Å². The molecule has 3 aromatic rings. The van der Waals surface area contributed by atoms with Crippen molar-refractivity contribution in [1.29, 1.82) is 0 Å². The highest BCUT2D eigenvalue weighted by Gasteiger charge is 2.31. The Morgan fingerprint density at radius 3 is 2.08 bits per heavy atom. The first-order chi connectivity index (χ1) is 11.3. The Labute approximate surface area is 140 Å². The monoisotopic (exact) mass is 354 g/mol. The Balaban J connectivity index is 2.08. The predicted molar refractivity (Wildman–Crippen MR) is 84.2 cm³/mol. The van der Waals surface area contributed by atoms with Crippen LogP contribution in [0.5, 0.6) is 0 Å². The number of halogens is 5. The van der Waals surface area contributed by atoms with Crippen LogP contribution in [0.3, 0.4) is 0 Å². The lowest BCUT2D eigenvalue weighted by Crippen LogP contribution is -2.12. The van der Waals surface area contributed by atoms with Gasteiger partial charge in [0.2, 0.25) is 0 Å². The van der Waals surface area contributed by atoms with Gasteiger partial charge >= 0.3 is 6.18 Å². The van der Waals surface area contributed by atoms with Gasteiger partial charge in [-0.05, 0) is 48.5 Å². The van der Waals surface area contributed by atoms with Crippen LogP contribution in [0.4, 0.5) is 17.6 Å². The van der Waals surface area contributed by atoms with Gasteiger partial charge in [-0.15, -0.1) is 0 Å². The van der Waals surface area contributed by atoms with Crippen molar-refractivity contribution in [3.05, 3.63) is 65.1 Å². The number of benzene rings is 2. The van der Waals surface area contributed by atoms with Gasteiger partial charge in [-0.2, -0.15) is 13.2 Å². The zero-order chi connectivity index (χ0) is 17.3. The number of nitrogens with one attached hydrogen (secondary N) is 1. The fourth-order valence-electron chi connectivity index (χ4n) is 2.33. The highest BCUT2D eigenvalue weighted by molar-refractivity contribution is 6.30. The topological polar surface area (TPSA) is 28.7 Å². The number of hydrogen-bond donors (Lipinski definition) is 1. The van der Waals surface area contributed by atoms with E-state index in [1.165, 1.54) is 24.3 Å². The number of rotatable bonds is 3. The summed E-state index contributed by atoms with van der Waals surface area (Å²) >= 11 is 5.82. The average Bonchev–Trinajstić information content (AvgIpc) is 2.90. The summed E-state index contributed by atoms with van der Waals surface area (Å²) in [7, 11) is 0. The van der Waals surface area contributed by atoms with Crippen LogP contribution in [0.25, 0.3) is 22.6 Å². The maximum atomic E-state index is 13.1. The number of hydrogen-bond acceptors (Lipinski definition) is 1. The molecule has 0 amide bonds. The molecule has 0 radical (unpaired) electrons. The Hall–Kier alpha value is -2.34. The Morgan fingerprint density at radius 2 is 1.50 bits per heavy atom. The minimum Gasteiger partial charge on any atom is -0.341 e. The number of nitrogens with zero attached hydrogens (tertiary/aromatic N) is 1. The van der Waals surface area contributed by atoms with Crippen molar-refractivity contribution >= 4 is 11.6 Å². The third-order valence-electron chi connectivity index (χ3n) is 3.39. The Morgan fingerprint density at radius 1 is 0.917 bits per heavy atom. The summed E-state index contributed by atoms with van der Waals surface area (Å²) in [5.41, 5.74) is 1.10. The van der Waals surface area contributed by atoms with E-state index < -0.39 is 18.4 Å². The molecule has 7 heteroatoms. The molecular formula is C17H11ClF4N2. The standard InChI is InChI=1S/C17H11ClF4N2/c18-12-5-1-11(2-6-12)16-23-14(9-17(20,21)22)15(24-16)10-3-7-13(19)8-4-10/h1-8H,9H2,(H,23,24). The van der Waals surface area contributed by atoms with Gasteiger partial charge in [0.05, 0.1) is 17.8 Å². The molecule has 124 valence electrons. The van der Waals surface area contributed by atoms with E-state index in [0.717, 1.165) is 0 Å². The minimum atomic E-state index is -4.39. The van der Waals surface area contributed by atoms with Crippen molar-refractivity contribution in [3.63, 3.8) is 0 Å². The molecule has 0 unspecified atom stereocenters. The summed E-state index contributed by atoms with van der Waals surface area (Å²) in [6.07, 6.45) is -5.54. The van der Waals surface area contributed by atoms with Gasteiger partial charge in [-0.3, -0.25) is 0 Å². The van der Waals surface area contributed by atoms with Crippen molar-refractivity contribution in [2.24, 2.45) is 0 Å². The Bertz CT molecular complexity index is 837. The molecule has 0 atom stereocenters. The van der Waals surface area contributed by atoms with Crippen LogP contribution in [0, 0.1) is 5.82 Å². The number of H-pyrrole nitrogens is 1. The molecule has 0 saturated carbocycles. The zero-order valence-electron chi connectivity index (χ0n) is 12.2. The average molecular weight is 355 g/mol. The van der Waals surface area contributed by atoms with E-state index >= 15 is 0 Å². The van der Waals surface area contributed by atoms with Crippen molar-refractivity contribution in [2.75, 3.05) is 0 Å². The van der Waals surface area contributed by atoms with Gasteiger partial charge in [0.15, 0.2) is 0 Å². The molecule has 2 nitrogen and oxygen atoms in total. The second-order valence-corrected chi connectivity index (χ2v) is 5.65. The van der Waals surface area contributed by atoms with E-state index in [9.17, 15) is 17.6 Å². The van der Waals surface area contributed by atoms with Gasteiger partial charge in [0.25, 0.3) is 0 Å². The van der Waals surface area contributed by atoms with Gasteiger partial charge in [0, 0.05) is 16.1 Å². The lowest BCUT2D eigenvalue weighted by Gasteiger charge is -2.06. The number of aromatic nitrogens is 2. The van der Waals surface area contributed by atoms with Crippen LogP contribution in [0.2, 0.25) is 5.02 Å². The van der Waals surface area contributed by atoms with Crippen molar-refractivity contribution in [2.45, 2.75) is 12.6 Å². The van der Waals surface area contributed by atoms with Crippen LogP contribution in [-0.4, -0.2) is 16.1 Å². The van der Waals surface area contributed by atoms with Crippen molar-refractivity contribution < 1.29 is 17.6 Å². The molecule has 3 rings (SSSR count). The third-order valence-corrected chi connectivity index (χ3v) is 3.64. The largest absolute Gasteiger partial charge is 0.394 e. The van der Waals surface area contributed by atoms with E-state index in [1.54, 1.807) is 24.3 Å². The number of aromatic amines is 1. The second-order valence-electron chi connectivity index (χ2n) is 5.22. The van der Waals surface area contributed by atoms with Gasteiger partial charge in [0.1, 0.15) is 11.6 Å². The van der Waals surface area contributed by atoms with E-state index in [-0.39, 0.29) is 11.4 Å². The lowest BCUT2D eigenvalue weighted by atomic mass is 10.1. The van der Waals surface area contributed by atoms with Crippen LogP contribution in [0.15, 0.2) is 48.5 Å². The molecule has 0 bridgehead atoms. The van der Waals surface area contributed by atoms with E-state index in [1.807, 2.05) is 0 Å². The Kier molecular flexibility index (Phi) is 4.32. The third kappa shape index (κ3) is 3.76. The smallest absolute Gasteiger partial charge is 0.341 e. The molecule has 24 heavy (non-hydrogen) atoms. The number of imidazole rings is 1. The molecule has 1 heterocycles. The molecule has 0 spiro atoms. The molecule has 1 N–H and O–H groups in total. The fourth-order valence-corrected chi connectivity index (χ4v) is 2.45. The second kappa shape index (κ2) is 6.28. The molecule has 0 fully saturated rings. The van der Waals surface area contributed by atoms with Gasteiger partial charge in [-0.25, -0.2) is 9.37 Å². The summed E-state index contributed by atoms with van der Waals surface area (Å²) in [4.78, 5) is 6.99. The molecular weight excluding hydrogens is 344 g/mol. The highest BCUT2D eigenvalue weighted by Crippen LogP contribution is 2.31. The zero-order valence-corrected chi connectivity index (χ0v) is 12.9. The first kappa shape index (κ1) is 16.5. The molecule has 0 aliphatic rings. The fraction of sp³-hybridized carbons (Fsp3) is 0.118. The van der Waals surface area contributed by atoms with Crippen molar-refractivity contribution in [3.8, 4) is 22.6 Å². The molecule has 0 aliphatic carbocycles. The summed E-state index contributed by atoms with van der Waals surface area (Å²) in [6.45, 7) is 0. The first-order valence-electron chi connectivity index (χ1n) is 6.99. The maximum absolute atomic E-state index is 13.1. The van der Waals surface area contributed by atoms with Gasteiger partial charge in [-0.1, -0.05) is 11.6 Å². The normalized spacial score (nSPS) is 11.7. The summed E-state index contributed by atoms with van der Waals surface area (Å²) in [5, 5.41) is 0.513. The summed E-state index contributed by atoms with van der Waals surface area (Å²) in [6, 6.07) is 11.7. The predicted octanol–water partition coefficient (Wildman–Crippen LogP) is 5.64. The molecule has 1 aromatic heterocycles. The van der Waals surface area contributed by atoms with Crippen LogP contribution in [0.1, 0.15) is 5.69 Å². The first-order valence-corrected chi connectivity index (χ1v) is 7.37. The van der Waals surface area contributed by atoms with E-state index in [2.05, 4.69) is 9.97 Å². The molecule has 0 aliphatic heterocycles. The minimum absolute atomic E-state index is 0.0703. The van der Waals surface area contributed by atoms with Crippen LogP contribution < -0.4 is 0 Å². The summed E-state index contributed by atoms with van der Waals surface area (Å²) in [5.74, 6) is -0.171. The van der Waals surface area contributed by atoms with E-state index in [0.29, 0.717) is 22.0 Å².